The molecule has 0 bridgehead atoms. The number of carboxylic acid groups (broad SMARTS) is 1. The van der Waals surface area contributed by atoms with Crippen molar-refractivity contribution in [3.05, 3.63) is 83.1 Å². The van der Waals surface area contributed by atoms with Gasteiger partial charge in [-0.25, -0.2) is 4.39 Å². The molecule has 0 aliphatic rings. The molecular formula is C27H29FNO5P. The zero-order valence-electron chi connectivity index (χ0n) is 19.9. The van der Waals surface area contributed by atoms with Gasteiger partial charge in [0, 0.05) is 16.9 Å². The molecule has 3 rings (SSSR count). The maximum Gasteiger partial charge on any atom is 0.305 e. The van der Waals surface area contributed by atoms with Crippen LogP contribution in [-0.4, -0.2) is 38.3 Å². The summed E-state index contributed by atoms with van der Waals surface area (Å²) in [6, 6.07) is 16.0. The van der Waals surface area contributed by atoms with Crippen LogP contribution in [0.1, 0.15) is 43.0 Å². The lowest BCUT2D eigenvalue weighted by Gasteiger charge is -2.19. The molecule has 0 saturated heterocycles. The standard InChI is InChI=1S/C27H29FNO5P/c1-17(2)27-23(11-12-35(33,34)16-21(30)14-26(31)32)24(22-10-9-20(28)13-18(22)3)15-25(29-27)19-7-5-4-6-8-19/h4-13,15,17,21,30H,14,16H2,1-3H3,(H,31,32)(H,33,34)/b12-11+/t21-/m0/s1. The molecular weight excluding hydrogens is 468 g/mol. The summed E-state index contributed by atoms with van der Waals surface area (Å²) in [6.07, 6.45) is -1.14. The largest absolute Gasteiger partial charge is 0.481 e. The third-order valence-corrected chi connectivity index (χ3v) is 7.10. The Labute approximate surface area is 204 Å². The van der Waals surface area contributed by atoms with Gasteiger partial charge in [0.15, 0.2) is 0 Å². The maximum absolute atomic E-state index is 13.9. The van der Waals surface area contributed by atoms with Gasteiger partial charge >= 0.3 is 5.97 Å². The lowest BCUT2D eigenvalue weighted by atomic mass is 9.90. The predicted octanol–water partition coefficient (Wildman–Crippen LogP) is 6.06. The summed E-state index contributed by atoms with van der Waals surface area (Å²) in [6.45, 7) is 5.72. The minimum Gasteiger partial charge on any atom is -0.481 e. The van der Waals surface area contributed by atoms with E-state index in [4.69, 9.17) is 10.1 Å². The molecule has 3 N–H and O–H groups in total. The van der Waals surface area contributed by atoms with E-state index < -0.39 is 32.0 Å². The second-order valence-electron chi connectivity index (χ2n) is 8.84. The summed E-state index contributed by atoms with van der Waals surface area (Å²) in [7, 11) is -4.00. The molecule has 0 fully saturated rings. The van der Waals surface area contributed by atoms with E-state index in [9.17, 15) is 23.7 Å². The van der Waals surface area contributed by atoms with Crippen molar-refractivity contribution in [1.29, 1.82) is 0 Å². The van der Waals surface area contributed by atoms with Gasteiger partial charge in [0.05, 0.1) is 30.1 Å². The first-order valence-corrected chi connectivity index (χ1v) is 13.2. The highest BCUT2D eigenvalue weighted by Crippen LogP contribution is 2.45. The number of pyridine rings is 1. The molecule has 2 aromatic carbocycles. The number of benzene rings is 2. The fourth-order valence-corrected chi connectivity index (χ4v) is 5.16. The lowest BCUT2D eigenvalue weighted by Crippen LogP contribution is -2.17. The second-order valence-corrected chi connectivity index (χ2v) is 11.0. The number of aliphatic carboxylic acids is 1. The quantitative estimate of drug-likeness (QED) is 0.310. The van der Waals surface area contributed by atoms with E-state index in [0.717, 1.165) is 22.5 Å². The van der Waals surface area contributed by atoms with Gasteiger partial charge in [-0.2, -0.15) is 0 Å². The molecule has 1 unspecified atom stereocenters. The van der Waals surface area contributed by atoms with E-state index in [2.05, 4.69) is 0 Å². The van der Waals surface area contributed by atoms with Gasteiger partial charge in [-0.1, -0.05) is 50.2 Å². The van der Waals surface area contributed by atoms with Gasteiger partial charge < -0.3 is 15.1 Å². The summed E-state index contributed by atoms with van der Waals surface area (Å²) >= 11 is 0. The monoisotopic (exact) mass is 497 g/mol. The topological polar surface area (TPSA) is 108 Å². The molecule has 8 heteroatoms. The van der Waals surface area contributed by atoms with E-state index >= 15 is 0 Å². The first-order chi connectivity index (χ1) is 16.5. The van der Waals surface area contributed by atoms with Crippen LogP contribution in [0.5, 0.6) is 0 Å². The number of aryl methyl sites for hydroxylation is 1. The molecule has 2 atom stereocenters. The van der Waals surface area contributed by atoms with Crippen molar-refractivity contribution in [2.75, 3.05) is 6.16 Å². The van der Waals surface area contributed by atoms with E-state index in [0.29, 0.717) is 22.5 Å². The summed E-state index contributed by atoms with van der Waals surface area (Å²) in [4.78, 5) is 26.1. The molecule has 0 spiro atoms. The van der Waals surface area contributed by atoms with Crippen molar-refractivity contribution < 1.29 is 28.9 Å². The third kappa shape index (κ3) is 6.95. The van der Waals surface area contributed by atoms with E-state index in [-0.39, 0.29) is 11.7 Å². The molecule has 0 aliphatic carbocycles. The molecule has 0 saturated carbocycles. The highest BCUT2D eigenvalue weighted by Gasteiger charge is 2.23. The number of hydrogen-bond acceptors (Lipinski definition) is 4. The van der Waals surface area contributed by atoms with Gasteiger partial charge in [-0.3, -0.25) is 14.3 Å². The second kappa shape index (κ2) is 11.1. The molecule has 35 heavy (non-hydrogen) atoms. The molecule has 0 aliphatic heterocycles. The Hall–Kier alpha value is -3.12. The lowest BCUT2D eigenvalue weighted by molar-refractivity contribution is -0.138. The van der Waals surface area contributed by atoms with Crippen molar-refractivity contribution in [3.63, 3.8) is 0 Å². The number of carboxylic acids is 1. The Morgan fingerprint density at radius 2 is 1.80 bits per heavy atom. The Morgan fingerprint density at radius 1 is 1.11 bits per heavy atom. The third-order valence-electron chi connectivity index (χ3n) is 5.54. The summed E-state index contributed by atoms with van der Waals surface area (Å²) < 4.78 is 26.6. The van der Waals surface area contributed by atoms with Gasteiger partial charge in [0.2, 0.25) is 7.37 Å². The molecule has 6 nitrogen and oxygen atoms in total. The number of halogens is 1. The van der Waals surface area contributed by atoms with E-state index in [1.165, 1.54) is 18.2 Å². The number of aromatic nitrogens is 1. The fourth-order valence-electron chi connectivity index (χ4n) is 3.92. The fraction of sp³-hybridized carbons (Fsp3) is 0.259. The Bertz CT molecular complexity index is 1290. The van der Waals surface area contributed by atoms with Crippen LogP contribution in [0.2, 0.25) is 0 Å². The Kier molecular flexibility index (Phi) is 8.39. The highest BCUT2D eigenvalue weighted by molar-refractivity contribution is 7.61. The Morgan fingerprint density at radius 3 is 2.40 bits per heavy atom. The van der Waals surface area contributed by atoms with Crippen molar-refractivity contribution >= 4 is 19.4 Å². The Balaban J connectivity index is 2.19. The number of carbonyl (C=O) groups is 1. The zero-order chi connectivity index (χ0) is 25.8. The zero-order valence-corrected chi connectivity index (χ0v) is 20.7. The number of nitrogens with zero attached hydrogens (tertiary/aromatic N) is 1. The van der Waals surface area contributed by atoms with Gasteiger partial charge in [-0.05, 0) is 53.8 Å². The first kappa shape index (κ1) is 26.5. The summed E-state index contributed by atoms with van der Waals surface area (Å²) in [5.41, 5.74) is 5.09. The minimum absolute atomic E-state index is 0.0477. The van der Waals surface area contributed by atoms with Crippen LogP contribution < -0.4 is 0 Å². The maximum atomic E-state index is 13.9. The van der Waals surface area contributed by atoms with Crippen LogP contribution in [0.4, 0.5) is 4.39 Å². The number of rotatable bonds is 9. The minimum atomic E-state index is -4.00. The first-order valence-electron chi connectivity index (χ1n) is 11.2. The number of hydrogen-bond donors (Lipinski definition) is 3. The summed E-state index contributed by atoms with van der Waals surface area (Å²) in [5.74, 6) is -0.546. The van der Waals surface area contributed by atoms with Crippen molar-refractivity contribution in [2.45, 2.75) is 39.2 Å². The average molecular weight is 498 g/mol. The normalized spacial score (nSPS) is 14.3. The highest BCUT2D eigenvalue weighted by atomic mass is 31.2. The smallest absolute Gasteiger partial charge is 0.305 e. The van der Waals surface area contributed by atoms with Gasteiger partial charge in [-0.15, -0.1) is 0 Å². The van der Waals surface area contributed by atoms with Crippen LogP contribution in [0.3, 0.4) is 0 Å². The van der Waals surface area contributed by atoms with Crippen LogP contribution in [0.15, 0.2) is 60.4 Å². The van der Waals surface area contributed by atoms with Gasteiger partial charge in [0.1, 0.15) is 5.82 Å². The average Bonchev–Trinajstić information content (AvgIpc) is 2.77. The molecule has 1 heterocycles. The number of aliphatic hydroxyl groups is 1. The molecule has 0 radical (unpaired) electrons. The van der Waals surface area contributed by atoms with Crippen LogP contribution in [0.25, 0.3) is 28.5 Å². The number of aliphatic hydroxyl groups excluding tert-OH is 1. The SMILES string of the molecule is Cc1cc(F)ccc1-c1cc(-c2ccccc2)nc(C(C)C)c1/C=C/P(=O)(O)C[C@@H](O)CC(=O)O. The van der Waals surface area contributed by atoms with Crippen molar-refractivity contribution in [3.8, 4) is 22.4 Å². The van der Waals surface area contributed by atoms with Crippen molar-refractivity contribution in [2.24, 2.45) is 0 Å². The van der Waals surface area contributed by atoms with E-state index in [1.54, 1.807) is 13.0 Å². The van der Waals surface area contributed by atoms with Crippen LogP contribution in [-0.2, 0) is 9.36 Å². The summed E-state index contributed by atoms with van der Waals surface area (Å²) in [5, 5.41) is 18.7. The van der Waals surface area contributed by atoms with Crippen molar-refractivity contribution in [1.82, 2.24) is 4.98 Å². The predicted molar refractivity (Wildman–Crippen MR) is 136 cm³/mol. The molecule has 0 amide bonds. The van der Waals surface area contributed by atoms with Crippen LogP contribution >= 0.6 is 7.37 Å². The molecule has 184 valence electrons. The molecule has 3 aromatic rings. The van der Waals surface area contributed by atoms with E-state index in [1.807, 2.05) is 50.2 Å². The van der Waals surface area contributed by atoms with Crippen LogP contribution in [0, 0.1) is 12.7 Å². The van der Waals surface area contributed by atoms with Gasteiger partial charge in [0.25, 0.3) is 0 Å². The molecule has 1 aromatic heterocycles.